The second kappa shape index (κ2) is 16.0. The van der Waals surface area contributed by atoms with Crippen LogP contribution in [-0.2, 0) is 0 Å². The molecule has 0 bridgehead atoms. The van der Waals surface area contributed by atoms with E-state index in [2.05, 4.69) is 170 Å². The van der Waals surface area contributed by atoms with Gasteiger partial charge in [-0.15, -0.1) is 0 Å². The summed E-state index contributed by atoms with van der Waals surface area (Å²) in [6.07, 6.45) is 0. The van der Waals surface area contributed by atoms with Gasteiger partial charge in [0.05, 0.1) is 39.5 Å². The van der Waals surface area contributed by atoms with E-state index in [0.717, 1.165) is 72.9 Å². The molecule has 298 valence electrons. The molecule has 0 fully saturated rings. The Morgan fingerprint density at radius 3 is 1.41 bits per heavy atom. The lowest BCUT2D eigenvalue weighted by molar-refractivity contribution is 1.15. The monoisotopic (exact) mass is 807 g/mol. The van der Waals surface area contributed by atoms with Gasteiger partial charge >= 0.3 is 0 Å². The molecule has 0 aliphatic heterocycles. The molecule has 5 nitrogen and oxygen atoms in total. The fourth-order valence-corrected chi connectivity index (χ4v) is 8.76. The molecule has 11 aromatic rings. The van der Waals surface area contributed by atoms with Crippen molar-refractivity contribution in [3.8, 4) is 84.6 Å². The van der Waals surface area contributed by atoms with E-state index in [1.165, 1.54) is 33.0 Å². The third-order valence-corrected chi connectivity index (χ3v) is 11.8. The van der Waals surface area contributed by atoms with E-state index >= 15 is 0 Å². The van der Waals surface area contributed by atoms with Crippen LogP contribution in [0.3, 0.4) is 0 Å². The highest BCUT2D eigenvalue weighted by molar-refractivity contribution is 6.11. The van der Waals surface area contributed by atoms with Crippen LogP contribution < -0.4 is 0 Å². The van der Waals surface area contributed by atoms with Gasteiger partial charge in [0.25, 0.3) is 0 Å². The first-order valence-corrected chi connectivity index (χ1v) is 21.3. The number of aryl methyl sites for hydroxylation is 2. The molecule has 0 atom stereocenters. The fourth-order valence-electron chi connectivity index (χ4n) is 8.76. The van der Waals surface area contributed by atoms with Crippen LogP contribution >= 0.6 is 0 Å². The summed E-state index contributed by atoms with van der Waals surface area (Å²) >= 11 is 0. The molecule has 3 aromatic heterocycles. The van der Waals surface area contributed by atoms with Gasteiger partial charge in [-0.2, -0.15) is 0 Å². The quantitative estimate of drug-likeness (QED) is 0.153. The lowest BCUT2D eigenvalue weighted by Crippen LogP contribution is -2.02. The summed E-state index contributed by atoms with van der Waals surface area (Å²) in [6, 6.07) is 74.3. The number of hydrogen-bond acceptors (Lipinski definition) is 4. The molecule has 0 amide bonds. The maximum Gasteiger partial charge on any atom is 0.160 e. The lowest BCUT2D eigenvalue weighted by atomic mass is 9.97. The van der Waals surface area contributed by atoms with Gasteiger partial charge in [-0.3, -0.25) is 0 Å². The minimum atomic E-state index is 0.655. The van der Waals surface area contributed by atoms with Gasteiger partial charge in [-0.05, 0) is 66.9 Å². The molecule has 0 saturated heterocycles. The van der Waals surface area contributed by atoms with Crippen LogP contribution in [0.2, 0.25) is 0 Å². The van der Waals surface area contributed by atoms with Crippen molar-refractivity contribution in [2.24, 2.45) is 0 Å². The van der Waals surface area contributed by atoms with E-state index in [0.29, 0.717) is 11.6 Å². The first kappa shape index (κ1) is 37.7. The van der Waals surface area contributed by atoms with E-state index in [9.17, 15) is 0 Å². The molecule has 0 aliphatic carbocycles. The Balaban J connectivity index is 1.21. The second-order valence-corrected chi connectivity index (χ2v) is 16.0. The Morgan fingerprint density at radius 2 is 0.810 bits per heavy atom. The Kier molecular flexibility index (Phi) is 9.55. The molecule has 0 unspecified atom stereocenters. The highest BCUT2D eigenvalue weighted by Gasteiger charge is 2.21. The summed E-state index contributed by atoms with van der Waals surface area (Å²) in [5.41, 5.74) is 17.3. The minimum Gasteiger partial charge on any atom is -0.309 e. The summed E-state index contributed by atoms with van der Waals surface area (Å²) in [6.45, 7) is 4.34. The van der Waals surface area contributed by atoms with Crippen molar-refractivity contribution in [1.82, 2.24) is 24.5 Å². The largest absolute Gasteiger partial charge is 0.309 e. The highest BCUT2D eigenvalue weighted by atomic mass is 15.0. The van der Waals surface area contributed by atoms with E-state index in [-0.39, 0.29) is 0 Å². The van der Waals surface area contributed by atoms with E-state index in [1.807, 2.05) is 60.7 Å². The zero-order valence-corrected chi connectivity index (χ0v) is 34.9. The van der Waals surface area contributed by atoms with Crippen molar-refractivity contribution in [2.45, 2.75) is 13.8 Å². The number of nitrogens with zero attached hydrogens (tertiary/aromatic N) is 5. The molecule has 0 saturated carbocycles. The number of aromatic nitrogens is 5. The van der Waals surface area contributed by atoms with Crippen molar-refractivity contribution in [3.63, 3.8) is 0 Å². The standard InChI is InChI=1S/C58H41N5/c1-38-27-30-46(39(2)33-38)44-28-31-48-47-25-15-16-26-54(47)63(56(48)35-44)55-32-29-45(52-36-50(40-17-7-3-8-18-40)59-57(61-52)42-21-11-5-12-22-42)34-49(55)53-37-51(41-19-9-4-10-20-41)60-58(62-53)43-23-13-6-14-24-43/h3-37H,1-2H3. The number of benzene rings is 8. The molecule has 3 heterocycles. The van der Waals surface area contributed by atoms with Crippen molar-refractivity contribution in [1.29, 1.82) is 0 Å². The Morgan fingerprint density at radius 1 is 0.317 bits per heavy atom. The summed E-state index contributed by atoms with van der Waals surface area (Å²) in [7, 11) is 0. The van der Waals surface area contributed by atoms with Crippen molar-refractivity contribution in [3.05, 3.63) is 223 Å². The minimum absolute atomic E-state index is 0.655. The SMILES string of the molecule is Cc1ccc(-c2ccc3c4ccccc4n(-c4ccc(-c5cc(-c6ccccc6)nc(-c6ccccc6)n5)cc4-c4cc(-c5ccccc5)nc(-c5ccccc5)n4)c3c2)c(C)c1. The van der Waals surface area contributed by atoms with Gasteiger partial charge < -0.3 is 4.57 Å². The molecule has 0 N–H and O–H groups in total. The molecule has 11 rings (SSSR count). The summed E-state index contributed by atoms with van der Waals surface area (Å²) in [5.74, 6) is 1.32. The molecule has 63 heavy (non-hydrogen) atoms. The van der Waals surface area contributed by atoms with Gasteiger partial charge in [0.2, 0.25) is 0 Å². The van der Waals surface area contributed by atoms with Crippen molar-refractivity contribution in [2.75, 3.05) is 0 Å². The molecule has 0 spiro atoms. The maximum atomic E-state index is 5.42. The smallest absolute Gasteiger partial charge is 0.160 e. The summed E-state index contributed by atoms with van der Waals surface area (Å²) < 4.78 is 2.41. The van der Waals surface area contributed by atoms with Crippen LogP contribution in [0.15, 0.2) is 212 Å². The molecule has 0 radical (unpaired) electrons. The fraction of sp³-hybridized carbons (Fsp3) is 0.0345. The Labute approximate surface area is 366 Å². The third kappa shape index (κ3) is 7.15. The summed E-state index contributed by atoms with van der Waals surface area (Å²) in [4.78, 5) is 21.0. The molecular formula is C58H41N5. The Hall–Kier alpha value is -8.28. The molecule has 5 heteroatoms. The van der Waals surface area contributed by atoms with Gasteiger partial charge in [0, 0.05) is 44.2 Å². The zero-order valence-electron chi connectivity index (χ0n) is 34.9. The van der Waals surface area contributed by atoms with E-state index in [1.54, 1.807) is 0 Å². The van der Waals surface area contributed by atoms with Crippen LogP contribution in [-0.4, -0.2) is 24.5 Å². The second-order valence-electron chi connectivity index (χ2n) is 16.0. The van der Waals surface area contributed by atoms with Gasteiger partial charge in [-0.1, -0.05) is 181 Å². The topological polar surface area (TPSA) is 56.5 Å². The maximum absolute atomic E-state index is 5.42. The number of para-hydroxylation sites is 1. The van der Waals surface area contributed by atoms with Crippen LogP contribution in [0.25, 0.3) is 106 Å². The third-order valence-electron chi connectivity index (χ3n) is 11.8. The van der Waals surface area contributed by atoms with E-state index in [4.69, 9.17) is 19.9 Å². The highest BCUT2D eigenvalue weighted by Crippen LogP contribution is 2.41. The van der Waals surface area contributed by atoms with Gasteiger partial charge in [0.15, 0.2) is 11.6 Å². The first-order valence-electron chi connectivity index (χ1n) is 21.3. The normalized spacial score (nSPS) is 11.3. The van der Waals surface area contributed by atoms with Crippen LogP contribution in [0.4, 0.5) is 0 Å². The van der Waals surface area contributed by atoms with Crippen LogP contribution in [0.5, 0.6) is 0 Å². The Bertz CT molecular complexity index is 3340. The number of hydrogen-bond donors (Lipinski definition) is 0. The lowest BCUT2D eigenvalue weighted by Gasteiger charge is -2.18. The zero-order chi connectivity index (χ0) is 42.3. The van der Waals surface area contributed by atoms with Crippen molar-refractivity contribution >= 4 is 21.8 Å². The van der Waals surface area contributed by atoms with Crippen LogP contribution in [0.1, 0.15) is 11.1 Å². The molecular weight excluding hydrogens is 767 g/mol. The van der Waals surface area contributed by atoms with Gasteiger partial charge in [-0.25, -0.2) is 19.9 Å². The summed E-state index contributed by atoms with van der Waals surface area (Å²) in [5, 5.41) is 2.37. The van der Waals surface area contributed by atoms with Gasteiger partial charge in [0.1, 0.15) is 0 Å². The van der Waals surface area contributed by atoms with E-state index < -0.39 is 0 Å². The predicted molar refractivity (Wildman–Crippen MR) is 259 cm³/mol. The predicted octanol–water partition coefficient (Wildman–Crippen LogP) is 14.6. The molecule has 8 aromatic carbocycles. The number of fused-ring (bicyclic) bond motifs is 3. The van der Waals surface area contributed by atoms with Crippen LogP contribution in [0, 0.1) is 13.8 Å². The first-order chi connectivity index (χ1) is 31.0. The van der Waals surface area contributed by atoms with Crippen molar-refractivity contribution < 1.29 is 0 Å². The average Bonchev–Trinajstić information content (AvgIpc) is 3.68. The number of rotatable bonds is 8. The average molecular weight is 808 g/mol. The molecule has 0 aliphatic rings.